The van der Waals surface area contributed by atoms with Crippen molar-refractivity contribution in [3.63, 3.8) is 0 Å². The number of ether oxygens (including phenoxy) is 2. The van der Waals surface area contributed by atoms with Crippen LogP contribution in [0.15, 0.2) is 64.2 Å². The van der Waals surface area contributed by atoms with Gasteiger partial charge in [-0.1, -0.05) is 18.2 Å². The minimum atomic E-state index is -4.40. The number of hydrogen-bond acceptors (Lipinski definition) is 7. The second kappa shape index (κ2) is 13.9. The Hall–Kier alpha value is -3.46. The molecule has 1 amide bonds. The fraction of sp³-hybridized carbons (Fsp3) is 0.379. The lowest BCUT2D eigenvalue weighted by Crippen LogP contribution is -2.44. The van der Waals surface area contributed by atoms with Gasteiger partial charge in [-0.25, -0.2) is 13.2 Å². The number of piperidine rings is 1. The number of thiophene rings is 1. The summed E-state index contributed by atoms with van der Waals surface area (Å²) in [4.78, 5) is 25.5. The fourth-order valence-electron chi connectivity index (χ4n) is 4.67. The first-order chi connectivity index (χ1) is 20.4. The highest BCUT2D eigenvalue weighted by atomic mass is 32.3. The van der Waals surface area contributed by atoms with E-state index in [1.807, 2.05) is 0 Å². The van der Waals surface area contributed by atoms with Gasteiger partial charge in [-0.3, -0.25) is 4.79 Å². The number of carbonyl (C=O) groups is 2. The number of rotatable bonds is 11. The largest absolute Gasteiger partial charge is 0.497 e. The molecular weight excluding hydrogens is 607 g/mol. The van der Waals surface area contributed by atoms with E-state index in [1.165, 1.54) is 29.6 Å². The smallest absolute Gasteiger partial charge is 0.416 e. The van der Waals surface area contributed by atoms with Crippen LogP contribution < -0.4 is 15.4 Å². The van der Waals surface area contributed by atoms with Gasteiger partial charge < -0.3 is 20.1 Å². The first kappa shape index (κ1) is 32.5. The molecule has 1 atom stereocenters. The average Bonchev–Trinajstić information content (AvgIpc) is 3.44. The van der Waals surface area contributed by atoms with Gasteiger partial charge in [-0.15, -0.1) is 0 Å². The van der Waals surface area contributed by atoms with Crippen LogP contribution in [0.4, 0.5) is 13.2 Å². The maximum atomic E-state index is 13.9. The molecule has 0 aliphatic carbocycles. The van der Waals surface area contributed by atoms with Crippen molar-refractivity contribution in [2.24, 2.45) is 0 Å². The van der Waals surface area contributed by atoms with E-state index in [0.29, 0.717) is 36.3 Å². The summed E-state index contributed by atoms with van der Waals surface area (Å²) in [5.74, 6) is -0.698. The van der Waals surface area contributed by atoms with E-state index >= 15 is 0 Å². The van der Waals surface area contributed by atoms with Crippen molar-refractivity contribution in [1.29, 1.82) is 0 Å². The summed E-state index contributed by atoms with van der Waals surface area (Å²) in [5.41, 5.74) is 0.259. The van der Waals surface area contributed by atoms with Gasteiger partial charge in [-0.2, -0.15) is 17.5 Å². The molecule has 0 bridgehead atoms. The van der Waals surface area contributed by atoms with Gasteiger partial charge in [0.15, 0.2) is 0 Å². The van der Waals surface area contributed by atoms with Gasteiger partial charge >= 0.3 is 12.1 Å². The summed E-state index contributed by atoms with van der Waals surface area (Å²) < 4.78 is 77.8. The second-order valence-corrected chi connectivity index (χ2v) is 13.7. The highest BCUT2D eigenvalue weighted by molar-refractivity contribution is 7.92. The van der Waals surface area contributed by atoms with Crippen LogP contribution >= 0.6 is 10.5 Å². The molecule has 1 unspecified atom stereocenters. The number of nitrogens with one attached hydrogen (secondary N) is 2. The SMILES string of the molecule is CCOC(=O)c1cc[s+](CNC(=O)c2cccc(OC)c2)c1S(=O)(=O)N1CCC(NCc2ccc(C(F)(F)F)cc2)CC1. The number of amides is 1. The lowest BCUT2D eigenvalue weighted by Gasteiger charge is -2.31. The number of nitrogens with zero attached hydrogens (tertiary/aromatic N) is 1. The maximum Gasteiger partial charge on any atom is 0.416 e. The molecular formula is C29H33F3N3O6S2+. The summed E-state index contributed by atoms with van der Waals surface area (Å²) in [6, 6.07) is 12.8. The van der Waals surface area contributed by atoms with Gasteiger partial charge in [0.05, 0.1) is 19.3 Å². The summed E-state index contributed by atoms with van der Waals surface area (Å²) in [7, 11) is -3.74. The highest BCUT2D eigenvalue weighted by Gasteiger charge is 2.41. The van der Waals surface area contributed by atoms with E-state index in [-0.39, 0.29) is 41.4 Å². The molecule has 0 saturated carbocycles. The van der Waals surface area contributed by atoms with Crippen LogP contribution in [0.2, 0.25) is 0 Å². The zero-order valence-corrected chi connectivity index (χ0v) is 25.3. The molecule has 9 nitrogen and oxygen atoms in total. The van der Waals surface area contributed by atoms with Crippen LogP contribution in [0.1, 0.15) is 51.6 Å². The Morgan fingerprint density at radius 2 is 1.77 bits per heavy atom. The topological polar surface area (TPSA) is 114 Å². The Labute approximate surface area is 251 Å². The van der Waals surface area contributed by atoms with E-state index in [9.17, 15) is 31.2 Å². The molecule has 14 heteroatoms. The summed E-state index contributed by atoms with van der Waals surface area (Å²) >= 11 is 0. The predicted molar refractivity (Wildman–Crippen MR) is 155 cm³/mol. The average molecular weight is 641 g/mol. The van der Waals surface area contributed by atoms with Crippen molar-refractivity contribution < 1.29 is 40.7 Å². The third-order valence-electron chi connectivity index (χ3n) is 6.98. The van der Waals surface area contributed by atoms with E-state index in [0.717, 1.165) is 12.1 Å². The number of methoxy groups -OCH3 is 1. The van der Waals surface area contributed by atoms with Crippen molar-refractivity contribution in [2.45, 2.75) is 48.6 Å². The quantitative estimate of drug-likeness (QED) is 0.225. The van der Waals surface area contributed by atoms with Crippen LogP contribution in [0.3, 0.4) is 0 Å². The molecule has 4 rings (SSSR count). The van der Waals surface area contributed by atoms with E-state index in [1.54, 1.807) is 36.6 Å². The molecule has 1 fully saturated rings. The van der Waals surface area contributed by atoms with Crippen LogP contribution in [0.25, 0.3) is 0 Å². The molecule has 3 aromatic rings. The number of benzene rings is 2. The Balaban J connectivity index is 1.44. The number of halogens is 3. The minimum Gasteiger partial charge on any atom is -0.497 e. The number of hydrogen-bond donors (Lipinski definition) is 2. The molecule has 2 N–H and O–H groups in total. The monoisotopic (exact) mass is 640 g/mol. The van der Waals surface area contributed by atoms with Gasteiger partial charge in [0.25, 0.3) is 20.1 Å². The Kier molecular flexibility index (Phi) is 10.5. The summed E-state index contributed by atoms with van der Waals surface area (Å²) in [5, 5.41) is 7.66. The van der Waals surface area contributed by atoms with E-state index in [2.05, 4.69) is 10.6 Å². The number of sulfonamides is 1. The van der Waals surface area contributed by atoms with Gasteiger partial charge in [0.1, 0.15) is 16.7 Å². The van der Waals surface area contributed by atoms with Crippen LogP contribution in [0, 0.1) is 0 Å². The summed E-state index contributed by atoms with van der Waals surface area (Å²) in [6.45, 7) is 2.40. The standard InChI is InChI=1S/C29H32F3N3O6S2/c1-3-41-27(37)25-13-16-42(19-34-26(36)21-5-4-6-24(17-21)40-2)28(25)43(38,39)35-14-11-23(12-15-35)33-18-20-7-9-22(10-8-20)29(30,31)32/h4-10,13,16-17,23,33H,3,11-12,14-15,18-19H2,1-2H3/p+1. The maximum absolute atomic E-state index is 13.9. The molecule has 43 heavy (non-hydrogen) atoms. The first-order valence-electron chi connectivity index (χ1n) is 13.5. The molecule has 2 aromatic carbocycles. The van der Waals surface area contributed by atoms with Crippen LogP contribution in [-0.4, -0.2) is 57.4 Å². The fourth-order valence-corrected chi connectivity index (χ4v) is 9.14. The zero-order valence-electron chi connectivity index (χ0n) is 23.6. The normalized spacial score (nSPS) is 15.2. The number of carbonyl (C=O) groups excluding carboxylic acids is 2. The first-order valence-corrected chi connectivity index (χ1v) is 16.4. The predicted octanol–water partition coefficient (Wildman–Crippen LogP) is 4.97. The van der Waals surface area contributed by atoms with Crippen molar-refractivity contribution in [3.8, 4) is 5.75 Å². The Bertz CT molecular complexity index is 1530. The molecule has 0 spiro atoms. The van der Waals surface area contributed by atoms with Crippen LogP contribution in [-0.2, 0) is 33.4 Å². The van der Waals surface area contributed by atoms with Gasteiger partial charge in [0, 0.05) is 47.8 Å². The minimum absolute atomic E-state index is 0.0326. The third-order valence-corrected chi connectivity index (χ3v) is 11.6. The van der Waals surface area contributed by atoms with Crippen molar-refractivity contribution in [1.82, 2.24) is 14.9 Å². The molecule has 0 radical (unpaired) electrons. The molecule has 1 aromatic heterocycles. The highest BCUT2D eigenvalue weighted by Crippen LogP contribution is 2.37. The summed E-state index contributed by atoms with van der Waals surface area (Å²) in [6.07, 6.45) is -3.46. The number of alkyl halides is 3. The molecule has 2 heterocycles. The molecule has 1 saturated heterocycles. The number of esters is 1. The van der Waals surface area contributed by atoms with Crippen molar-refractivity contribution >= 4 is 32.4 Å². The van der Waals surface area contributed by atoms with Crippen molar-refractivity contribution in [3.05, 3.63) is 82.2 Å². The van der Waals surface area contributed by atoms with E-state index < -0.39 is 44.1 Å². The molecule has 1 aliphatic heterocycles. The second-order valence-electron chi connectivity index (χ2n) is 9.79. The lowest BCUT2D eigenvalue weighted by atomic mass is 10.1. The lowest BCUT2D eigenvalue weighted by molar-refractivity contribution is -0.137. The molecule has 1 aliphatic rings. The van der Waals surface area contributed by atoms with Gasteiger partial charge in [0.2, 0.25) is 5.88 Å². The zero-order chi connectivity index (χ0) is 31.2. The molecule has 232 valence electrons. The Morgan fingerprint density at radius 1 is 1.07 bits per heavy atom. The van der Waals surface area contributed by atoms with Crippen molar-refractivity contribution in [2.75, 3.05) is 26.8 Å². The third kappa shape index (κ3) is 7.93. The Morgan fingerprint density at radius 3 is 2.40 bits per heavy atom. The van der Waals surface area contributed by atoms with Crippen LogP contribution in [0.5, 0.6) is 5.75 Å². The van der Waals surface area contributed by atoms with Gasteiger partial charge in [-0.05, 0) is 55.7 Å². The van der Waals surface area contributed by atoms with E-state index in [4.69, 9.17) is 9.47 Å².